The molecular formula is C13H16N2O. The Morgan fingerprint density at radius 1 is 1.50 bits per heavy atom. The number of anilines is 1. The van der Waals surface area contributed by atoms with Crippen LogP contribution in [0.2, 0.25) is 0 Å². The highest BCUT2D eigenvalue weighted by Gasteiger charge is 2.06. The van der Waals surface area contributed by atoms with Gasteiger partial charge in [0.15, 0.2) is 0 Å². The lowest BCUT2D eigenvalue weighted by Crippen LogP contribution is -2.22. The first-order chi connectivity index (χ1) is 7.69. The van der Waals surface area contributed by atoms with Crippen LogP contribution in [-0.4, -0.2) is 19.0 Å². The van der Waals surface area contributed by atoms with Crippen LogP contribution in [0.1, 0.15) is 22.8 Å². The minimum Gasteiger partial charge on any atom is -0.374 e. The smallest absolute Gasteiger partial charge is 0.251 e. The van der Waals surface area contributed by atoms with Gasteiger partial charge in [-0.15, -0.1) is 6.42 Å². The molecule has 0 unspecified atom stereocenters. The van der Waals surface area contributed by atoms with Gasteiger partial charge < -0.3 is 10.6 Å². The van der Waals surface area contributed by atoms with Crippen LogP contribution in [0.3, 0.4) is 0 Å². The second-order valence-corrected chi connectivity index (χ2v) is 3.45. The lowest BCUT2D eigenvalue weighted by Gasteiger charge is -2.09. The standard InChI is InChI=1S/C13H16N2O/c1-4-8-15-12-9-11(7-6-10(12)3)13(16)14-5-2/h1,6-7,9,15H,5,8H2,2-3H3,(H,14,16). The van der Waals surface area contributed by atoms with E-state index in [2.05, 4.69) is 16.6 Å². The largest absolute Gasteiger partial charge is 0.374 e. The van der Waals surface area contributed by atoms with Crippen molar-refractivity contribution in [3.05, 3.63) is 29.3 Å². The van der Waals surface area contributed by atoms with Gasteiger partial charge in [0.1, 0.15) is 0 Å². The average Bonchev–Trinajstić information content (AvgIpc) is 2.28. The third-order valence-corrected chi connectivity index (χ3v) is 2.22. The highest BCUT2D eigenvalue weighted by atomic mass is 16.1. The van der Waals surface area contributed by atoms with Gasteiger partial charge >= 0.3 is 0 Å². The van der Waals surface area contributed by atoms with Crippen molar-refractivity contribution in [2.75, 3.05) is 18.4 Å². The number of aryl methyl sites for hydroxylation is 1. The Kier molecular flexibility index (Phi) is 4.41. The van der Waals surface area contributed by atoms with E-state index in [1.54, 1.807) is 6.07 Å². The molecule has 0 aromatic heterocycles. The Balaban J connectivity index is 2.89. The van der Waals surface area contributed by atoms with Crippen molar-refractivity contribution in [3.8, 4) is 12.3 Å². The highest BCUT2D eigenvalue weighted by molar-refractivity contribution is 5.95. The number of amides is 1. The Hall–Kier alpha value is -1.95. The van der Waals surface area contributed by atoms with E-state index in [1.165, 1.54) is 0 Å². The topological polar surface area (TPSA) is 41.1 Å². The summed E-state index contributed by atoms with van der Waals surface area (Å²) in [5, 5.41) is 5.84. The highest BCUT2D eigenvalue weighted by Crippen LogP contribution is 2.16. The first-order valence-corrected chi connectivity index (χ1v) is 5.25. The van der Waals surface area contributed by atoms with E-state index in [0.29, 0.717) is 18.7 Å². The van der Waals surface area contributed by atoms with Gasteiger partial charge in [-0.1, -0.05) is 12.0 Å². The summed E-state index contributed by atoms with van der Waals surface area (Å²) >= 11 is 0. The summed E-state index contributed by atoms with van der Waals surface area (Å²) in [7, 11) is 0. The van der Waals surface area contributed by atoms with E-state index in [4.69, 9.17) is 6.42 Å². The number of hydrogen-bond donors (Lipinski definition) is 2. The maximum Gasteiger partial charge on any atom is 0.251 e. The number of rotatable bonds is 4. The molecule has 1 rings (SSSR count). The van der Waals surface area contributed by atoms with Crippen molar-refractivity contribution in [3.63, 3.8) is 0 Å². The molecule has 0 atom stereocenters. The number of benzene rings is 1. The monoisotopic (exact) mass is 216 g/mol. The second-order valence-electron chi connectivity index (χ2n) is 3.45. The minimum atomic E-state index is -0.0637. The zero-order chi connectivity index (χ0) is 12.0. The van der Waals surface area contributed by atoms with E-state index >= 15 is 0 Å². The molecule has 84 valence electrons. The third-order valence-electron chi connectivity index (χ3n) is 2.22. The van der Waals surface area contributed by atoms with Gasteiger partial charge in [-0.3, -0.25) is 4.79 Å². The lowest BCUT2D eigenvalue weighted by molar-refractivity contribution is 0.0956. The minimum absolute atomic E-state index is 0.0637. The van der Waals surface area contributed by atoms with Crippen LogP contribution in [0.4, 0.5) is 5.69 Å². The summed E-state index contributed by atoms with van der Waals surface area (Å²) in [5.74, 6) is 2.44. The molecule has 16 heavy (non-hydrogen) atoms. The molecular weight excluding hydrogens is 200 g/mol. The summed E-state index contributed by atoms with van der Waals surface area (Å²) in [5.41, 5.74) is 2.62. The van der Waals surface area contributed by atoms with Crippen LogP contribution >= 0.6 is 0 Å². The molecule has 1 aromatic carbocycles. The second kappa shape index (κ2) is 5.82. The van der Waals surface area contributed by atoms with Crippen molar-refractivity contribution in [2.45, 2.75) is 13.8 Å². The molecule has 2 N–H and O–H groups in total. The molecule has 1 aromatic rings. The molecule has 0 saturated carbocycles. The molecule has 3 heteroatoms. The fourth-order valence-electron chi connectivity index (χ4n) is 1.36. The number of nitrogens with one attached hydrogen (secondary N) is 2. The maximum atomic E-state index is 11.6. The SMILES string of the molecule is C#CCNc1cc(C(=O)NCC)ccc1C. The van der Waals surface area contributed by atoms with Crippen molar-refractivity contribution < 1.29 is 4.79 Å². The van der Waals surface area contributed by atoms with Gasteiger partial charge in [0, 0.05) is 17.8 Å². The predicted octanol–water partition coefficient (Wildman–Crippen LogP) is 1.79. The van der Waals surface area contributed by atoms with E-state index in [1.807, 2.05) is 26.0 Å². The third kappa shape index (κ3) is 3.03. The van der Waals surface area contributed by atoms with Gasteiger partial charge in [0.2, 0.25) is 0 Å². The van der Waals surface area contributed by atoms with Gasteiger partial charge in [-0.2, -0.15) is 0 Å². The van der Waals surface area contributed by atoms with Crippen molar-refractivity contribution >= 4 is 11.6 Å². The molecule has 0 saturated heterocycles. The van der Waals surface area contributed by atoms with Crippen molar-refractivity contribution in [2.24, 2.45) is 0 Å². The van der Waals surface area contributed by atoms with Crippen molar-refractivity contribution in [1.29, 1.82) is 0 Å². The summed E-state index contributed by atoms with van der Waals surface area (Å²) in [6, 6.07) is 5.53. The number of carbonyl (C=O) groups excluding carboxylic acids is 1. The van der Waals surface area contributed by atoms with Crippen LogP contribution < -0.4 is 10.6 Å². The Bertz CT molecular complexity index is 418. The predicted molar refractivity (Wildman–Crippen MR) is 66.5 cm³/mol. The molecule has 0 bridgehead atoms. The molecule has 0 spiro atoms. The number of hydrogen-bond acceptors (Lipinski definition) is 2. The van der Waals surface area contributed by atoms with Gasteiger partial charge in [-0.25, -0.2) is 0 Å². The van der Waals surface area contributed by atoms with E-state index in [-0.39, 0.29) is 5.91 Å². The summed E-state index contributed by atoms with van der Waals surface area (Å²) in [4.78, 5) is 11.6. The maximum absolute atomic E-state index is 11.6. The van der Waals surface area contributed by atoms with Crippen LogP contribution in [0.15, 0.2) is 18.2 Å². The van der Waals surface area contributed by atoms with E-state index < -0.39 is 0 Å². The molecule has 3 nitrogen and oxygen atoms in total. The molecule has 0 aliphatic rings. The molecule has 0 radical (unpaired) electrons. The van der Waals surface area contributed by atoms with Crippen LogP contribution in [0, 0.1) is 19.3 Å². The zero-order valence-corrected chi connectivity index (χ0v) is 9.63. The molecule has 0 aliphatic carbocycles. The van der Waals surface area contributed by atoms with Gasteiger partial charge in [-0.05, 0) is 31.5 Å². The Labute approximate surface area is 96.2 Å². The van der Waals surface area contributed by atoms with Crippen LogP contribution in [0.5, 0.6) is 0 Å². The summed E-state index contributed by atoms with van der Waals surface area (Å²) in [6.07, 6.45) is 5.18. The number of terminal acetylenes is 1. The fourth-order valence-corrected chi connectivity index (χ4v) is 1.36. The lowest BCUT2D eigenvalue weighted by atomic mass is 10.1. The zero-order valence-electron chi connectivity index (χ0n) is 9.63. The number of carbonyl (C=O) groups is 1. The quantitative estimate of drug-likeness (QED) is 0.753. The normalized spacial score (nSPS) is 9.31. The molecule has 0 fully saturated rings. The Morgan fingerprint density at radius 3 is 2.88 bits per heavy atom. The fraction of sp³-hybridized carbons (Fsp3) is 0.308. The average molecular weight is 216 g/mol. The van der Waals surface area contributed by atoms with Crippen LogP contribution in [-0.2, 0) is 0 Å². The first-order valence-electron chi connectivity index (χ1n) is 5.25. The van der Waals surface area contributed by atoms with E-state index in [9.17, 15) is 4.79 Å². The first kappa shape index (κ1) is 12.1. The van der Waals surface area contributed by atoms with Gasteiger partial charge in [0.05, 0.1) is 6.54 Å². The Morgan fingerprint density at radius 2 is 2.25 bits per heavy atom. The summed E-state index contributed by atoms with van der Waals surface area (Å²) in [6.45, 7) is 4.95. The van der Waals surface area contributed by atoms with Crippen LogP contribution in [0.25, 0.3) is 0 Å². The van der Waals surface area contributed by atoms with E-state index in [0.717, 1.165) is 11.3 Å². The molecule has 0 aliphatic heterocycles. The molecule has 1 amide bonds. The summed E-state index contributed by atoms with van der Waals surface area (Å²) < 4.78 is 0. The van der Waals surface area contributed by atoms with Gasteiger partial charge in [0.25, 0.3) is 5.91 Å². The molecule has 0 heterocycles. The van der Waals surface area contributed by atoms with Crippen molar-refractivity contribution in [1.82, 2.24) is 5.32 Å².